The van der Waals surface area contributed by atoms with Gasteiger partial charge in [0.15, 0.2) is 0 Å². The molecule has 2 aliphatic rings. The fourth-order valence-electron chi connectivity index (χ4n) is 3.97. The highest BCUT2D eigenvalue weighted by Crippen LogP contribution is 2.44. The Morgan fingerprint density at radius 2 is 1.75 bits per heavy atom. The van der Waals surface area contributed by atoms with Crippen LogP contribution in [0.5, 0.6) is 0 Å². The molecule has 0 bridgehead atoms. The summed E-state index contributed by atoms with van der Waals surface area (Å²) in [4.78, 5) is 0. The van der Waals surface area contributed by atoms with Crippen LogP contribution in [0.25, 0.3) is 0 Å². The Bertz CT molecular complexity index is 426. The van der Waals surface area contributed by atoms with Gasteiger partial charge in [-0.15, -0.1) is 0 Å². The molecule has 1 aromatic carbocycles. The standard InChI is InChI=1S/C17H25NO.CH4/c1-13-8-10-15(11-9-13)18-16-7-4-6-14-5-2-3-12-17(14,16)19;/h8-11,14,16,18-19H,2-7,12H2,1H3;1H4/t14-,16-,17+;/m1./s1. The van der Waals surface area contributed by atoms with Gasteiger partial charge in [0.25, 0.3) is 0 Å². The van der Waals surface area contributed by atoms with Crippen LogP contribution in [0.4, 0.5) is 5.69 Å². The molecule has 0 saturated heterocycles. The van der Waals surface area contributed by atoms with E-state index >= 15 is 0 Å². The van der Waals surface area contributed by atoms with Crippen molar-refractivity contribution in [1.82, 2.24) is 0 Å². The highest BCUT2D eigenvalue weighted by atomic mass is 16.3. The minimum atomic E-state index is -0.471. The van der Waals surface area contributed by atoms with Crippen molar-refractivity contribution in [2.75, 3.05) is 5.32 Å². The van der Waals surface area contributed by atoms with Crippen LogP contribution in [-0.2, 0) is 0 Å². The largest absolute Gasteiger partial charge is 0.387 e. The monoisotopic (exact) mass is 275 g/mol. The molecule has 3 atom stereocenters. The zero-order valence-corrected chi connectivity index (χ0v) is 11.9. The van der Waals surface area contributed by atoms with E-state index in [1.165, 1.54) is 37.7 Å². The first-order valence-electron chi connectivity index (χ1n) is 7.74. The summed E-state index contributed by atoms with van der Waals surface area (Å²) < 4.78 is 0. The molecule has 1 aromatic rings. The van der Waals surface area contributed by atoms with Crippen LogP contribution in [0.15, 0.2) is 24.3 Å². The van der Waals surface area contributed by atoms with E-state index < -0.39 is 5.60 Å². The van der Waals surface area contributed by atoms with Gasteiger partial charge in [-0.25, -0.2) is 0 Å². The Morgan fingerprint density at radius 3 is 2.50 bits per heavy atom. The Morgan fingerprint density at radius 1 is 1.05 bits per heavy atom. The molecule has 0 spiro atoms. The minimum Gasteiger partial charge on any atom is -0.387 e. The number of aryl methyl sites for hydroxylation is 1. The third-order valence-electron chi connectivity index (χ3n) is 5.13. The summed E-state index contributed by atoms with van der Waals surface area (Å²) in [6, 6.07) is 8.76. The minimum absolute atomic E-state index is 0. The van der Waals surface area contributed by atoms with Crippen molar-refractivity contribution < 1.29 is 5.11 Å². The zero-order chi connectivity index (χ0) is 13.3. The number of hydrogen-bond donors (Lipinski definition) is 2. The Balaban J connectivity index is 0.00000147. The van der Waals surface area contributed by atoms with Crippen molar-refractivity contribution in [3.8, 4) is 0 Å². The smallest absolute Gasteiger partial charge is 0.0875 e. The summed E-state index contributed by atoms with van der Waals surface area (Å²) in [6.07, 6.45) is 8.22. The number of nitrogens with one attached hydrogen (secondary N) is 1. The number of anilines is 1. The maximum absolute atomic E-state index is 11.1. The van der Waals surface area contributed by atoms with Gasteiger partial charge in [-0.05, 0) is 50.7 Å². The van der Waals surface area contributed by atoms with Crippen LogP contribution in [-0.4, -0.2) is 16.7 Å². The second-order valence-electron chi connectivity index (χ2n) is 6.43. The Kier molecular flexibility index (Phi) is 4.74. The van der Waals surface area contributed by atoms with E-state index in [2.05, 4.69) is 36.5 Å². The molecule has 0 amide bonds. The highest BCUT2D eigenvalue weighted by molar-refractivity contribution is 5.46. The molecular weight excluding hydrogens is 246 g/mol. The molecule has 0 heterocycles. The summed E-state index contributed by atoms with van der Waals surface area (Å²) in [5.74, 6) is 0.512. The molecule has 0 unspecified atom stereocenters. The lowest BCUT2D eigenvalue weighted by Gasteiger charge is -2.49. The maximum atomic E-state index is 11.1. The molecule has 0 aliphatic heterocycles. The first-order valence-corrected chi connectivity index (χ1v) is 7.74. The van der Waals surface area contributed by atoms with E-state index in [-0.39, 0.29) is 13.5 Å². The number of fused-ring (bicyclic) bond motifs is 1. The lowest BCUT2D eigenvalue weighted by atomic mass is 9.65. The molecule has 0 aromatic heterocycles. The van der Waals surface area contributed by atoms with E-state index in [9.17, 15) is 5.11 Å². The summed E-state index contributed by atoms with van der Waals surface area (Å²) in [6.45, 7) is 2.11. The van der Waals surface area contributed by atoms with Crippen LogP contribution in [0, 0.1) is 12.8 Å². The fourth-order valence-corrected chi connectivity index (χ4v) is 3.97. The SMILES string of the molecule is C.Cc1ccc(N[C@@H]2CCC[C@H]3CCCC[C@]32O)cc1. The Hall–Kier alpha value is -1.02. The van der Waals surface area contributed by atoms with Crippen molar-refractivity contribution in [2.24, 2.45) is 5.92 Å². The van der Waals surface area contributed by atoms with Gasteiger partial charge in [-0.2, -0.15) is 0 Å². The third kappa shape index (κ3) is 2.85. The van der Waals surface area contributed by atoms with Crippen molar-refractivity contribution in [2.45, 2.75) is 70.9 Å². The summed E-state index contributed by atoms with van der Waals surface area (Å²) in [5.41, 5.74) is 1.96. The molecule has 2 heteroatoms. The van der Waals surface area contributed by atoms with E-state index in [0.29, 0.717) is 5.92 Å². The van der Waals surface area contributed by atoms with Crippen LogP contribution >= 0.6 is 0 Å². The summed E-state index contributed by atoms with van der Waals surface area (Å²) in [5, 5.41) is 14.7. The van der Waals surface area contributed by atoms with E-state index in [1.54, 1.807) is 0 Å². The van der Waals surface area contributed by atoms with Crippen LogP contribution in [0.1, 0.15) is 57.9 Å². The normalized spacial score (nSPS) is 32.9. The average molecular weight is 275 g/mol. The van der Waals surface area contributed by atoms with Crippen molar-refractivity contribution in [3.05, 3.63) is 29.8 Å². The van der Waals surface area contributed by atoms with Crippen molar-refractivity contribution in [1.29, 1.82) is 0 Å². The van der Waals surface area contributed by atoms with Crippen LogP contribution < -0.4 is 5.32 Å². The second kappa shape index (κ2) is 6.17. The highest BCUT2D eigenvalue weighted by Gasteiger charge is 2.47. The lowest BCUT2D eigenvalue weighted by molar-refractivity contribution is -0.0835. The number of hydrogen-bond acceptors (Lipinski definition) is 2. The predicted molar refractivity (Wildman–Crippen MR) is 86.1 cm³/mol. The van der Waals surface area contributed by atoms with Gasteiger partial charge in [0.1, 0.15) is 0 Å². The third-order valence-corrected chi connectivity index (χ3v) is 5.13. The molecule has 2 N–H and O–H groups in total. The molecule has 2 aliphatic carbocycles. The molecule has 112 valence electrons. The first-order chi connectivity index (χ1) is 9.18. The topological polar surface area (TPSA) is 32.3 Å². The van der Waals surface area contributed by atoms with Gasteiger partial charge < -0.3 is 10.4 Å². The first kappa shape index (κ1) is 15.4. The van der Waals surface area contributed by atoms with Gasteiger partial charge in [0, 0.05) is 5.69 Å². The van der Waals surface area contributed by atoms with Crippen LogP contribution in [0.3, 0.4) is 0 Å². The van der Waals surface area contributed by atoms with E-state index in [4.69, 9.17) is 0 Å². The number of aliphatic hydroxyl groups is 1. The molecule has 2 fully saturated rings. The Labute approximate surface area is 123 Å². The van der Waals surface area contributed by atoms with Gasteiger partial charge in [-0.3, -0.25) is 0 Å². The average Bonchev–Trinajstić information content (AvgIpc) is 2.42. The summed E-state index contributed by atoms with van der Waals surface area (Å²) in [7, 11) is 0. The van der Waals surface area contributed by atoms with Crippen molar-refractivity contribution >= 4 is 5.69 Å². The van der Waals surface area contributed by atoms with E-state index in [1.807, 2.05) is 0 Å². The van der Waals surface area contributed by atoms with Gasteiger partial charge in [0.2, 0.25) is 0 Å². The molecular formula is C18H29NO. The lowest BCUT2D eigenvalue weighted by Crippen LogP contribution is -2.56. The van der Waals surface area contributed by atoms with Gasteiger partial charge in [-0.1, -0.05) is 44.4 Å². The second-order valence-corrected chi connectivity index (χ2v) is 6.43. The number of benzene rings is 1. The maximum Gasteiger partial charge on any atom is 0.0875 e. The quantitative estimate of drug-likeness (QED) is 0.832. The fraction of sp³-hybridized carbons (Fsp3) is 0.667. The molecule has 2 nitrogen and oxygen atoms in total. The van der Waals surface area contributed by atoms with Crippen molar-refractivity contribution in [3.63, 3.8) is 0 Å². The molecule has 0 radical (unpaired) electrons. The van der Waals surface area contributed by atoms with Crippen LogP contribution in [0.2, 0.25) is 0 Å². The summed E-state index contributed by atoms with van der Waals surface area (Å²) >= 11 is 0. The predicted octanol–water partition coefficient (Wildman–Crippen LogP) is 4.52. The van der Waals surface area contributed by atoms with Gasteiger partial charge in [0.05, 0.1) is 11.6 Å². The van der Waals surface area contributed by atoms with Gasteiger partial charge >= 0.3 is 0 Å². The number of rotatable bonds is 2. The molecule has 3 rings (SSSR count). The molecule has 20 heavy (non-hydrogen) atoms. The van der Waals surface area contributed by atoms with E-state index in [0.717, 1.165) is 18.5 Å². The molecule has 2 saturated carbocycles. The zero-order valence-electron chi connectivity index (χ0n) is 11.9.